The number of morpholine rings is 1. The lowest BCUT2D eigenvalue weighted by atomic mass is 10.2. The summed E-state index contributed by atoms with van der Waals surface area (Å²) in [7, 11) is 1.29. The highest BCUT2D eigenvalue weighted by atomic mass is 16.6. The summed E-state index contributed by atoms with van der Waals surface area (Å²) in [5.41, 5.74) is 0.234. The van der Waals surface area contributed by atoms with E-state index in [1.807, 2.05) is 0 Å². The maximum atomic E-state index is 12.1. The van der Waals surface area contributed by atoms with Gasteiger partial charge in [0.25, 0.3) is 5.91 Å². The molecule has 1 atom stereocenters. The van der Waals surface area contributed by atoms with Crippen molar-refractivity contribution >= 4 is 11.9 Å². The van der Waals surface area contributed by atoms with Crippen molar-refractivity contribution in [3.05, 3.63) is 17.5 Å². The molecular formula is C11H14N2O5. The molecule has 0 aliphatic carbocycles. The smallest absolute Gasteiger partial charge is 0.336 e. The van der Waals surface area contributed by atoms with Crippen LogP contribution in [-0.2, 0) is 14.3 Å². The SMILES string of the molecule is COC(=O)C1CN(C(=O)c2cc(C)on2)CCO1. The third-order valence-electron chi connectivity index (χ3n) is 2.66. The van der Waals surface area contributed by atoms with E-state index in [2.05, 4.69) is 9.89 Å². The molecule has 0 aromatic carbocycles. The molecule has 0 bridgehead atoms. The minimum atomic E-state index is -0.735. The molecule has 0 saturated carbocycles. The summed E-state index contributed by atoms with van der Waals surface area (Å²) in [6.45, 7) is 2.58. The number of esters is 1. The number of carbonyl (C=O) groups is 2. The molecule has 1 aliphatic rings. The van der Waals surface area contributed by atoms with Gasteiger partial charge in [0.1, 0.15) is 5.76 Å². The predicted octanol–water partition coefficient (Wildman–Crippen LogP) is -0.00298. The number of methoxy groups -OCH3 is 1. The van der Waals surface area contributed by atoms with E-state index in [0.717, 1.165) is 0 Å². The van der Waals surface area contributed by atoms with Gasteiger partial charge in [0, 0.05) is 12.6 Å². The predicted molar refractivity (Wildman–Crippen MR) is 58.9 cm³/mol. The molecule has 1 fully saturated rings. The zero-order valence-electron chi connectivity index (χ0n) is 10.2. The Morgan fingerprint density at radius 2 is 2.33 bits per heavy atom. The zero-order valence-corrected chi connectivity index (χ0v) is 10.2. The summed E-state index contributed by atoms with van der Waals surface area (Å²) in [5.74, 6) is -0.191. The largest absolute Gasteiger partial charge is 0.467 e. The topological polar surface area (TPSA) is 81.9 Å². The van der Waals surface area contributed by atoms with E-state index >= 15 is 0 Å². The summed E-state index contributed by atoms with van der Waals surface area (Å²) >= 11 is 0. The lowest BCUT2D eigenvalue weighted by Gasteiger charge is -2.30. The highest BCUT2D eigenvalue weighted by Crippen LogP contribution is 2.11. The van der Waals surface area contributed by atoms with Crippen molar-refractivity contribution in [2.75, 3.05) is 26.8 Å². The Kier molecular flexibility index (Phi) is 3.61. The van der Waals surface area contributed by atoms with Gasteiger partial charge in [0.2, 0.25) is 0 Å². The number of aryl methyl sites for hydroxylation is 1. The fourth-order valence-corrected chi connectivity index (χ4v) is 1.74. The molecule has 1 amide bonds. The fourth-order valence-electron chi connectivity index (χ4n) is 1.74. The van der Waals surface area contributed by atoms with Crippen molar-refractivity contribution in [2.45, 2.75) is 13.0 Å². The van der Waals surface area contributed by atoms with E-state index in [-0.39, 0.29) is 18.1 Å². The van der Waals surface area contributed by atoms with E-state index < -0.39 is 12.1 Å². The Hall–Kier alpha value is -1.89. The molecule has 98 valence electrons. The molecule has 0 radical (unpaired) electrons. The number of ether oxygens (including phenoxy) is 2. The first-order chi connectivity index (χ1) is 8.61. The van der Waals surface area contributed by atoms with Gasteiger partial charge in [-0.3, -0.25) is 4.79 Å². The van der Waals surface area contributed by atoms with Gasteiger partial charge in [0.05, 0.1) is 20.3 Å². The van der Waals surface area contributed by atoms with Crippen molar-refractivity contribution in [3.8, 4) is 0 Å². The summed E-state index contributed by atoms with van der Waals surface area (Å²) in [4.78, 5) is 24.9. The third kappa shape index (κ3) is 2.51. The van der Waals surface area contributed by atoms with Gasteiger partial charge in [-0.1, -0.05) is 5.16 Å². The van der Waals surface area contributed by atoms with Crippen molar-refractivity contribution < 1.29 is 23.6 Å². The average molecular weight is 254 g/mol. The summed E-state index contributed by atoms with van der Waals surface area (Å²) in [6.07, 6.45) is -0.735. The second-order valence-corrected chi connectivity index (χ2v) is 3.96. The molecule has 1 unspecified atom stereocenters. The van der Waals surface area contributed by atoms with E-state index in [1.54, 1.807) is 13.0 Å². The average Bonchev–Trinajstić information content (AvgIpc) is 2.83. The third-order valence-corrected chi connectivity index (χ3v) is 2.66. The number of hydrogen-bond donors (Lipinski definition) is 0. The van der Waals surface area contributed by atoms with Crippen LogP contribution in [0.5, 0.6) is 0 Å². The van der Waals surface area contributed by atoms with Crippen molar-refractivity contribution in [1.82, 2.24) is 10.1 Å². The van der Waals surface area contributed by atoms with E-state index in [4.69, 9.17) is 9.26 Å². The van der Waals surface area contributed by atoms with Crippen LogP contribution in [0.15, 0.2) is 10.6 Å². The molecule has 2 heterocycles. The number of nitrogens with zero attached hydrogens (tertiary/aromatic N) is 2. The van der Waals surface area contributed by atoms with Crippen LogP contribution >= 0.6 is 0 Å². The Morgan fingerprint density at radius 1 is 1.56 bits per heavy atom. The van der Waals surface area contributed by atoms with Gasteiger partial charge in [-0.2, -0.15) is 0 Å². The van der Waals surface area contributed by atoms with Crippen LogP contribution in [-0.4, -0.2) is 54.8 Å². The first-order valence-electron chi connectivity index (χ1n) is 5.54. The van der Waals surface area contributed by atoms with E-state index in [1.165, 1.54) is 12.0 Å². The van der Waals surface area contributed by atoms with Gasteiger partial charge < -0.3 is 18.9 Å². The lowest BCUT2D eigenvalue weighted by Crippen LogP contribution is -2.49. The Labute approximate surface area is 104 Å². The molecule has 1 saturated heterocycles. The Bertz CT molecular complexity index is 456. The molecule has 7 heteroatoms. The summed E-state index contributed by atoms with van der Waals surface area (Å²) in [6, 6.07) is 1.56. The second-order valence-electron chi connectivity index (χ2n) is 3.96. The van der Waals surface area contributed by atoms with Crippen LogP contribution in [0, 0.1) is 6.92 Å². The second kappa shape index (κ2) is 5.18. The Balaban J connectivity index is 2.05. The lowest BCUT2D eigenvalue weighted by molar-refractivity contribution is -0.158. The van der Waals surface area contributed by atoms with Crippen molar-refractivity contribution in [3.63, 3.8) is 0 Å². The molecule has 1 aromatic rings. The quantitative estimate of drug-likeness (QED) is 0.691. The Morgan fingerprint density at radius 3 is 2.94 bits per heavy atom. The van der Waals surface area contributed by atoms with Gasteiger partial charge in [-0.05, 0) is 6.92 Å². The first-order valence-corrected chi connectivity index (χ1v) is 5.54. The van der Waals surface area contributed by atoms with Crippen LogP contribution in [0.2, 0.25) is 0 Å². The van der Waals surface area contributed by atoms with Gasteiger partial charge >= 0.3 is 5.97 Å². The molecule has 1 aromatic heterocycles. The molecule has 2 rings (SSSR count). The maximum absolute atomic E-state index is 12.1. The fraction of sp³-hybridized carbons (Fsp3) is 0.545. The molecule has 1 aliphatic heterocycles. The number of hydrogen-bond acceptors (Lipinski definition) is 6. The van der Waals surface area contributed by atoms with Crippen LogP contribution in [0.3, 0.4) is 0 Å². The molecule has 0 spiro atoms. The molecule has 0 N–H and O–H groups in total. The number of rotatable bonds is 2. The number of aromatic nitrogens is 1. The van der Waals surface area contributed by atoms with Gasteiger partial charge in [-0.15, -0.1) is 0 Å². The van der Waals surface area contributed by atoms with E-state index in [9.17, 15) is 9.59 Å². The first kappa shape index (κ1) is 12.6. The standard InChI is InChI=1S/C11H14N2O5/c1-7-5-8(12-18-7)10(14)13-3-4-17-9(6-13)11(15)16-2/h5,9H,3-4,6H2,1-2H3. The summed E-state index contributed by atoms with van der Waals surface area (Å²) < 4.78 is 14.7. The monoisotopic (exact) mass is 254 g/mol. The van der Waals surface area contributed by atoms with Crippen LogP contribution in [0.25, 0.3) is 0 Å². The minimum absolute atomic E-state index is 0.164. The molecular weight excluding hydrogens is 240 g/mol. The van der Waals surface area contributed by atoms with Crippen LogP contribution in [0.1, 0.15) is 16.2 Å². The summed E-state index contributed by atoms with van der Waals surface area (Å²) in [5, 5.41) is 3.66. The van der Waals surface area contributed by atoms with Gasteiger partial charge in [0.15, 0.2) is 11.8 Å². The maximum Gasteiger partial charge on any atom is 0.336 e. The van der Waals surface area contributed by atoms with Gasteiger partial charge in [-0.25, -0.2) is 4.79 Å². The number of carbonyl (C=O) groups excluding carboxylic acids is 2. The number of amides is 1. The minimum Gasteiger partial charge on any atom is -0.467 e. The van der Waals surface area contributed by atoms with Crippen molar-refractivity contribution in [2.24, 2.45) is 0 Å². The van der Waals surface area contributed by atoms with E-state index in [0.29, 0.717) is 18.9 Å². The van der Waals surface area contributed by atoms with Crippen molar-refractivity contribution in [1.29, 1.82) is 0 Å². The molecule has 7 nitrogen and oxygen atoms in total. The highest BCUT2D eigenvalue weighted by Gasteiger charge is 2.31. The van der Waals surface area contributed by atoms with Crippen LogP contribution in [0.4, 0.5) is 0 Å². The zero-order chi connectivity index (χ0) is 13.1. The molecule has 18 heavy (non-hydrogen) atoms. The normalized spacial score (nSPS) is 19.7. The van der Waals surface area contributed by atoms with Crippen LogP contribution < -0.4 is 0 Å². The highest BCUT2D eigenvalue weighted by molar-refractivity contribution is 5.92.